The van der Waals surface area contributed by atoms with Crippen molar-refractivity contribution >= 4 is 5.78 Å². The standard InChI is InChI=1S/C13H25NO/c1-10(13-7-5-6-8-13)9-14(4)11(2)12(3)15/h10-11,13H,5-9H2,1-4H3. The van der Waals surface area contributed by atoms with Crippen LogP contribution >= 0.6 is 0 Å². The first-order valence-electron chi connectivity index (χ1n) is 6.23. The predicted octanol–water partition coefficient (Wildman–Crippen LogP) is 2.72. The van der Waals surface area contributed by atoms with Gasteiger partial charge in [0.15, 0.2) is 0 Å². The van der Waals surface area contributed by atoms with Gasteiger partial charge in [0.05, 0.1) is 6.04 Å². The summed E-state index contributed by atoms with van der Waals surface area (Å²) in [6.45, 7) is 7.08. The van der Waals surface area contributed by atoms with E-state index in [9.17, 15) is 4.79 Å². The van der Waals surface area contributed by atoms with Crippen LogP contribution in [0.4, 0.5) is 0 Å². The van der Waals surface area contributed by atoms with Gasteiger partial charge in [-0.25, -0.2) is 0 Å². The smallest absolute Gasteiger partial charge is 0.146 e. The Hall–Kier alpha value is -0.370. The van der Waals surface area contributed by atoms with E-state index in [4.69, 9.17) is 0 Å². The van der Waals surface area contributed by atoms with Crippen LogP contribution in [0.3, 0.4) is 0 Å². The molecule has 0 aliphatic heterocycles. The van der Waals surface area contributed by atoms with Crippen LogP contribution in [0, 0.1) is 11.8 Å². The van der Waals surface area contributed by atoms with Crippen molar-refractivity contribution in [2.24, 2.45) is 11.8 Å². The van der Waals surface area contributed by atoms with Crippen molar-refractivity contribution in [2.45, 2.75) is 52.5 Å². The highest BCUT2D eigenvalue weighted by Crippen LogP contribution is 2.31. The number of Topliss-reactive ketones (excluding diaryl/α,β-unsaturated/α-hetero) is 1. The van der Waals surface area contributed by atoms with Crippen LogP contribution in [0.1, 0.15) is 46.5 Å². The highest BCUT2D eigenvalue weighted by atomic mass is 16.1. The average molecular weight is 211 g/mol. The van der Waals surface area contributed by atoms with Gasteiger partial charge in [0.25, 0.3) is 0 Å². The second-order valence-electron chi connectivity index (χ2n) is 5.25. The Morgan fingerprint density at radius 1 is 1.33 bits per heavy atom. The second-order valence-corrected chi connectivity index (χ2v) is 5.25. The van der Waals surface area contributed by atoms with E-state index in [0.29, 0.717) is 0 Å². The molecule has 0 aromatic rings. The monoisotopic (exact) mass is 211 g/mol. The van der Waals surface area contributed by atoms with E-state index < -0.39 is 0 Å². The van der Waals surface area contributed by atoms with Gasteiger partial charge in [-0.15, -0.1) is 0 Å². The molecular formula is C13H25NO. The zero-order valence-corrected chi connectivity index (χ0v) is 10.6. The average Bonchev–Trinajstić information content (AvgIpc) is 2.68. The van der Waals surface area contributed by atoms with Gasteiger partial charge in [0, 0.05) is 6.54 Å². The van der Waals surface area contributed by atoms with E-state index in [-0.39, 0.29) is 11.8 Å². The molecule has 2 atom stereocenters. The fourth-order valence-electron chi connectivity index (χ4n) is 2.60. The maximum atomic E-state index is 11.2. The van der Waals surface area contributed by atoms with Crippen LogP contribution in [-0.4, -0.2) is 30.3 Å². The zero-order valence-electron chi connectivity index (χ0n) is 10.6. The van der Waals surface area contributed by atoms with Gasteiger partial charge >= 0.3 is 0 Å². The summed E-state index contributed by atoms with van der Waals surface area (Å²) < 4.78 is 0. The summed E-state index contributed by atoms with van der Waals surface area (Å²) in [5.74, 6) is 1.90. The molecule has 0 aromatic heterocycles. The number of carbonyl (C=O) groups excluding carboxylic acids is 1. The lowest BCUT2D eigenvalue weighted by Crippen LogP contribution is -2.38. The van der Waals surface area contributed by atoms with Gasteiger partial charge in [-0.3, -0.25) is 9.69 Å². The highest BCUT2D eigenvalue weighted by molar-refractivity contribution is 5.80. The third-order valence-corrected chi connectivity index (χ3v) is 4.03. The molecule has 0 heterocycles. The van der Waals surface area contributed by atoms with Crippen molar-refractivity contribution in [3.05, 3.63) is 0 Å². The maximum Gasteiger partial charge on any atom is 0.146 e. The molecule has 0 radical (unpaired) electrons. The second kappa shape index (κ2) is 5.64. The Balaban J connectivity index is 2.36. The Kier molecular flexibility index (Phi) is 4.78. The molecule has 0 spiro atoms. The minimum absolute atomic E-state index is 0.0776. The molecule has 0 amide bonds. The summed E-state index contributed by atoms with van der Waals surface area (Å²) in [7, 11) is 2.07. The highest BCUT2D eigenvalue weighted by Gasteiger charge is 2.24. The summed E-state index contributed by atoms with van der Waals surface area (Å²) in [5, 5.41) is 0. The Bertz CT molecular complexity index is 209. The molecule has 1 saturated carbocycles. The van der Waals surface area contributed by atoms with Crippen molar-refractivity contribution in [3.8, 4) is 0 Å². The van der Waals surface area contributed by atoms with E-state index >= 15 is 0 Å². The predicted molar refractivity (Wildman–Crippen MR) is 63.9 cm³/mol. The van der Waals surface area contributed by atoms with Crippen LogP contribution in [-0.2, 0) is 4.79 Å². The molecule has 0 N–H and O–H groups in total. The molecule has 2 heteroatoms. The van der Waals surface area contributed by atoms with Gasteiger partial charge in [0.1, 0.15) is 5.78 Å². The lowest BCUT2D eigenvalue weighted by atomic mass is 9.92. The Morgan fingerprint density at radius 2 is 1.87 bits per heavy atom. The Morgan fingerprint density at radius 3 is 2.33 bits per heavy atom. The maximum absolute atomic E-state index is 11.2. The molecule has 2 nitrogen and oxygen atoms in total. The summed E-state index contributed by atoms with van der Waals surface area (Å²) in [6, 6.07) is 0.0776. The molecule has 0 bridgehead atoms. The third kappa shape index (κ3) is 3.60. The van der Waals surface area contributed by atoms with Crippen LogP contribution in [0.15, 0.2) is 0 Å². The van der Waals surface area contributed by atoms with E-state index in [1.54, 1.807) is 6.92 Å². The molecule has 1 fully saturated rings. The largest absolute Gasteiger partial charge is 0.298 e. The van der Waals surface area contributed by atoms with Crippen molar-refractivity contribution in [1.82, 2.24) is 4.90 Å². The fraction of sp³-hybridized carbons (Fsp3) is 0.923. The minimum atomic E-state index is 0.0776. The summed E-state index contributed by atoms with van der Waals surface area (Å²) in [5.41, 5.74) is 0. The number of carbonyl (C=O) groups is 1. The molecular weight excluding hydrogens is 186 g/mol. The molecule has 0 aromatic carbocycles. The first kappa shape index (κ1) is 12.7. The van der Waals surface area contributed by atoms with Crippen LogP contribution < -0.4 is 0 Å². The number of rotatable bonds is 5. The lowest BCUT2D eigenvalue weighted by molar-refractivity contribution is -0.121. The van der Waals surface area contributed by atoms with Gasteiger partial charge in [-0.1, -0.05) is 32.6 Å². The topological polar surface area (TPSA) is 20.3 Å². The number of likely N-dealkylation sites (N-methyl/N-ethyl adjacent to an activating group) is 1. The van der Waals surface area contributed by atoms with Crippen LogP contribution in [0.25, 0.3) is 0 Å². The molecule has 1 aliphatic carbocycles. The number of nitrogens with zero attached hydrogens (tertiary/aromatic N) is 1. The Labute approximate surface area is 94.0 Å². The molecule has 1 aliphatic rings. The molecule has 15 heavy (non-hydrogen) atoms. The van der Waals surface area contributed by atoms with Crippen molar-refractivity contribution < 1.29 is 4.79 Å². The van der Waals surface area contributed by atoms with Gasteiger partial charge in [-0.2, -0.15) is 0 Å². The van der Waals surface area contributed by atoms with Crippen LogP contribution in [0.5, 0.6) is 0 Å². The fourth-order valence-corrected chi connectivity index (χ4v) is 2.60. The molecule has 0 saturated heterocycles. The first-order chi connectivity index (χ1) is 7.02. The SMILES string of the molecule is CC(=O)C(C)N(C)CC(C)C1CCCC1. The van der Waals surface area contributed by atoms with E-state index in [2.05, 4.69) is 18.9 Å². The summed E-state index contributed by atoms with van der Waals surface area (Å²) in [4.78, 5) is 13.4. The summed E-state index contributed by atoms with van der Waals surface area (Å²) >= 11 is 0. The van der Waals surface area contributed by atoms with Gasteiger partial charge < -0.3 is 0 Å². The number of hydrogen-bond donors (Lipinski definition) is 0. The van der Waals surface area contributed by atoms with E-state index in [1.165, 1.54) is 25.7 Å². The zero-order chi connectivity index (χ0) is 11.4. The van der Waals surface area contributed by atoms with Gasteiger partial charge in [0.2, 0.25) is 0 Å². The number of hydrogen-bond acceptors (Lipinski definition) is 2. The summed E-state index contributed by atoms with van der Waals surface area (Å²) in [6.07, 6.45) is 5.59. The van der Waals surface area contributed by atoms with E-state index in [1.807, 2.05) is 6.92 Å². The molecule has 88 valence electrons. The first-order valence-corrected chi connectivity index (χ1v) is 6.23. The molecule has 1 rings (SSSR count). The van der Waals surface area contributed by atoms with Crippen molar-refractivity contribution in [3.63, 3.8) is 0 Å². The lowest BCUT2D eigenvalue weighted by Gasteiger charge is -2.28. The van der Waals surface area contributed by atoms with E-state index in [0.717, 1.165) is 18.4 Å². The minimum Gasteiger partial charge on any atom is -0.298 e. The van der Waals surface area contributed by atoms with Crippen molar-refractivity contribution in [2.75, 3.05) is 13.6 Å². The normalized spacial score (nSPS) is 21.9. The third-order valence-electron chi connectivity index (χ3n) is 4.03. The molecule has 2 unspecified atom stereocenters. The quantitative estimate of drug-likeness (QED) is 0.697. The van der Waals surface area contributed by atoms with Crippen LogP contribution in [0.2, 0.25) is 0 Å². The van der Waals surface area contributed by atoms with Gasteiger partial charge in [-0.05, 0) is 32.7 Å². The van der Waals surface area contributed by atoms with Crippen molar-refractivity contribution in [1.29, 1.82) is 0 Å². The number of ketones is 1.